The van der Waals surface area contributed by atoms with Crippen molar-refractivity contribution in [3.05, 3.63) is 35.4 Å². The van der Waals surface area contributed by atoms with Crippen molar-refractivity contribution in [3.8, 4) is 0 Å². The summed E-state index contributed by atoms with van der Waals surface area (Å²) in [4.78, 5) is 11.6. The highest BCUT2D eigenvalue weighted by Crippen LogP contribution is 2.38. The summed E-state index contributed by atoms with van der Waals surface area (Å²) in [5.74, 6) is -0.155. The molecule has 1 aliphatic heterocycles. The van der Waals surface area contributed by atoms with Crippen LogP contribution in [0.15, 0.2) is 24.3 Å². The predicted molar refractivity (Wildman–Crippen MR) is 68.5 cm³/mol. The fourth-order valence-corrected chi connectivity index (χ4v) is 2.01. The minimum atomic E-state index is -0.155. The van der Waals surface area contributed by atoms with Crippen molar-refractivity contribution in [2.24, 2.45) is 0 Å². The van der Waals surface area contributed by atoms with Crippen LogP contribution in [-0.4, -0.2) is 35.9 Å². The molecule has 0 unspecified atom stereocenters. The molecule has 1 heterocycles. The quantitative estimate of drug-likeness (QED) is 0.769. The average Bonchev–Trinajstić information content (AvgIpc) is 2.94. The van der Waals surface area contributed by atoms with Crippen molar-refractivity contribution in [3.63, 3.8) is 0 Å². The van der Waals surface area contributed by atoms with Gasteiger partial charge in [0.25, 0.3) is 5.91 Å². The molecule has 0 saturated carbocycles. The molecular formula is C14H19NO3. The molecule has 98 valence electrons. The third kappa shape index (κ3) is 2.89. The molecule has 2 atom stereocenters. The van der Waals surface area contributed by atoms with Crippen LogP contribution in [0.4, 0.5) is 0 Å². The lowest BCUT2D eigenvalue weighted by Crippen LogP contribution is -2.26. The number of epoxide rings is 1. The molecule has 2 N–H and O–H groups in total. The van der Waals surface area contributed by atoms with E-state index >= 15 is 0 Å². The standard InChI is InChI=1S/C14H19NO3/c1-10-14(2,18-10)9-11-3-5-12(6-4-11)13(17)15-7-8-16/h3-6,10,16H,7-9H2,1-2H3,(H,15,17)/t10-,14+/m0/s1. The third-order valence-electron chi connectivity index (χ3n) is 3.42. The summed E-state index contributed by atoms with van der Waals surface area (Å²) in [5.41, 5.74) is 1.74. The Balaban J connectivity index is 1.95. The van der Waals surface area contributed by atoms with Crippen molar-refractivity contribution < 1.29 is 14.6 Å². The van der Waals surface area contributed by atoms with E-state index in [1.54, 1.807) is 12.1 Å². The summed E-state index contributed by atoms with van der Waals surface area (Å²) in [6, 6.07) is 7.51. The molecule has 4 heteroatoms. The molecule has 4 nitrogen and oxygen atoms in total. The molecule has 1 aliphatic rings. The highest BCUT2D eigenvalue weighted by atomic mass is 16.6. The molecule has 18 heavy (non-hydrogen) atoms. The van der Waals surface area contributed by atoms with E-state index in [1.807, 2.05) is 12.1 Å². The van der Waals surface area contributed by atoms with Crippen molar-refractivity contribution in [1.29, 1.82) is 0 Å². The van der Waals surface area contributed by atoms with Crippen LogP contribution in [0.3, 0.4) is 0 Å². The molecule has 0 bridgehead atoms. The van der Waals surface area contributed by atoms with Crippen LogP contribution in [0.1, 0.15) is 29.8 Å². The summed E-state index contributed by atoms with van der Waals surface area (Å²) in [7, 11) is 0. The van der Waals surface area contributed by atoms with Crippen LogP contribution in [0.5, 0.6) is 0 Å². The maximum atomic E-state index is 11.6. The topological polar surface area (TPSA) is 61.9 Å². The van der Waals surface area contributed by atoms with Gasteiger partial charge in [-0.05, 0) is 31.5 Å². The number of rotatable bonds is 5. The second-order valence-corrected chi connectivity index (χ2v) is 4.93. The van der Waals surface area contributed by atoms with Crippen LogP contribution in [0, 0.1) is 0 Å². The average molecular weight is 249 g/mol. The number of carbonyl (C=O) groups excluding carboxylic acids is 1. The molecule has 1 saturated heterocycles. The van der Waals surface area contributed by atoms with Crippen molar-refractivity contribution >= 4 is 5.91 Å². The number of aliphatic hydroxyl groups is 1. The van der Waals surface area contributed by atoms with Crippen LogP contribution >= 0.6 is 0 Å². The zero-order valence-electron chi connectivity index (χ0n) is 10.8. The van der Waals surface area contributed by atoms with Gasteiger partial charge in [0.2, 0.25) is 0 Å². The first-order valence-corrected chi connectivity index (χ1v) is 6.21. The number of ether oxygens (including phenoxy) is 1. The highest BCUT2D eigenvalue weighted by Gasteiger charge is 2.48. The zero-order valence-corrected chi connectivity index (χ0v) is 10.8. The smallest absolute Gasteiger partial charge is 0.251 e. The lowest BCUT2D eigenvalue weighted by molar-refractivity contribution is 0.0945. The number of carbonyl (C=O) groups is 1. The largest absolute Gasteiger partial charge is 0.395 e. The fourth-order valence-electron chi connectivity index (χ4n) is 2.01. The van der Waals surface area contributed by atoms with Gasteiger partial charge in [0, 0.05) is 18.5 Å². The number of nitrogens with one attached hydrogen (secondary N) is 1. The van der Waals surface area contributed by atoms with Gasteiger partial charge in [-0.2, -0.15) is 0 Å². The third-order valence-corrected chi connectivity index (χ3v) is 3.42. The van der Waals surface area contributed by atoms with E-state index in [0.29, 0.717) is 11.7 Å². The van der Waals surface area contributed by atoms with Gasteiger partial charge in [0.05, 0.1) is 18.3 Å². The lowest BCUT2D eigenvalue weighted by Gasteiger charge is -2.07. The van der Waals surface area contributed by atoms with E-state index < -0.39 is 0 Å². The molecule has 0 spiro atoms. The Morgan fingerprint density at radius 3 is 2.56 bits per heavy atom. The molecule has 2 rings (SSSR count). The lowest BCUT2D eigenvalue weighted by atomic mass is 9.97. The molecule has 0 aromatic heterocycles. The van der Waals surface area contributed by atoms with Gasteiger partial charge in [-0.15, -0.1) is 0 Å². The van der Waals surface area contributed by atoms with Gasteiger partial charge in [0.15, 0.2) is 0 Å². The Kier molecular flexibility index (Phi) is 3.68. The first kappa shape index (κ1) is 13.1. The van der Waals surface area contributed by atoms with Gasteiger partial charge in [-0.1, -0.05) is 12.1 Å². The normalized spacial score (nSPS) is 25.8. The van der Waals surface area contributed by atoms with Gasteiger partial charge in [-0.25, -0.2) is 0 Å². The molecular weight excluding hydrogens is 230 g/mol. The molecule has 1 amide bonds. The maximum absolute atomic E-state index is 11.6. The second-order valence-electron chi connectivity index (χ2n) is 4.93. The summed E-state index contributed by atoms with van der Waals surface area (Å²) in [6.07, 6.45) is 1.18. The summed E-state index contributed by atoms with van der Waals surface area (Å²) in [5, 5.41) is 11.3. The molecule has 0 radical (unpaired) electrons. The van der Waals surface area contributed by atoms with E-state index in [2.05, 4.69) is 19.2 Å². The first-order valence-electron chi connectivity index (χ1n) is 6.21. The Morgan fingerprint density at radius 1 is 1.44 bits per heavy atom. The molecule has 0 aliphatic carbocycles. The second kappa shape index (κ2) is 5.08. The molecule has 1 fully saturated rings. The minimum absolute atomic E-state index is 0.0410. The summed E-state index contributed by atoms with van der Waals surface area (Å²) < 4.78 is 5.53. The van der Waals surface area contributed by atoms with E-state index in [-0.39, 0.29) is 24.7 Å². The van der Waals surface area contributed by atoms with Gasteiger partial charge >= 0.3 is 0 Å². The predicted octanol–water partition coefficient (Wildman–Crippen LogP) is 1.13. The SMILES string of the molecule is C[C@@H]1O[C@]1(C)Cc1ccc(C(=O)NCCO)cc1. The Labute approximate surface area is 107 Å². The van der Waals surface area contributed by atoms with Crippen molar-refractivity contribution in [2.75, 3.05) is 13.2 Å². The van der Waals surface area contributed by atoms with Crippen LogP contribution < -0.4 is 5.32 Å². The van der Waals surface area contributed by atoms with E-state index in [0.717, 1.165) is 6.42 Å². The van der Waals surface area contributed by atoms with E-state index in [9.17, 15) is 4.79 Å². The fraction of sp³-hybridized carbons (Fsp3) is 0.500. The first-order chi connectivity index (χ1) is 8.55. The number of benzene rings is 1. The van der Waals surface area contributed by atoms with Crippen LogP contribution in [0.25, 0.3) is 0 Å². The van der Waals surface area contributed by atoms with E-state index in [1.165, 1.54) is 5.56 Å². The number of amides is 1. The summed E-state index contributed by atoms with van der Waals surface area (Å²) >= 11 is 0. The van der Waals surface area contributed by atoms with Gasteiger partial charge < -0.3 is 15.2 Å². The van der Waals surface area contributed by atoms with Crippen LogP contribution in [-0.2, 0) is 11.2 Å². The van der Waals surface area contributed by atoms with Crippen molar-refractivity contribution in [2.45, 2.75) is 32.0 Å². The number of aliphatic hydroxyl groups excluding tert-OH is 1. The molecule has 1 aromatic carbocycles. The van der Waals surface area contributed by atoms with Crippen LogP contribution in [0.2, 0.25) is 0 Å². The van der Waals surface area contributed by atoms with Gasteiger partial charge in [-0.3, -0.25) is 4.79 Å². The van der Waals surface area contributed by atoms with E-state index in [4.69, 9.17) is 9.84 Å². The van der Waals surface area contributed by atoms with Gasteiger partial charge in [0.1, 0.15) is 0 Å². The van der Waals surface area contributed by atoms with Crippen molar-refractivity contribution in [1.82, 2.24) is 5.32 Å². The minimum Gasteiger partial charge on any atom is -0.395 e. The Bertz CT molecular complexity index is 429. The maximum Gasteiger partial charge on any atom is 0.251 e. The zero-order chi connectivity index (χ0) is 13.2. The summed E-state index contributed by atoms with van der Waals surface area (Å²) in [6.45, 7) is 4.40. The Morgan fingerprint density at radius 2 is 2.06 bits per heavy atom. The highest BCUT2D eigenvalue weighted by molar-refractivity contribution is 5.94. The molecule has 1 aromatic rings. The Hall–Kier alpha value is -1.39. The monoisotopic (exact) mass is 249 g/mol. The number of hydrogen-bond acceptors (Lipinski definition) is 3. The number of hydrogen-bond donors (Lipinski definition) is 2.